The lowest BCUT2D eigenvalue weighted by atomic mass is 9.95. The highest BCUT2D eigenvalue weighted by molar-refractivity contribution is 6.30. The van der Waals surface area contributed by atoms with Crippen molar-refractivity contribution in [2.75, 3.05) is 6.79 Å². The Hall–Kier alpha value is -3.18. The van der Waals surface area contributed by atoms with Crippen LogP contribution in [0.15, 0.2) is 65.8 Å². The fourth-order valence-electron chi connectivity index (χ4n) is 4.26. The Labute approximate surface area is 179 Å². The summed E-state index contributed by atoms with van der Waals surface area (Å²) in [7, 11) is 0. The number of ether oxygens (including phenoxy) is 3. The van der Waals surface area contributed by atoms with E-state index in [4.69, 9.17) is 30.9 Å². The van der Waals surface area contributed by atoms with Gasteiger partial charge >= 0.3 is 0 Å². The van der Waals surface area contributed by atoms with Crippen LogP contribution in [0.25, 0.3) is 0 Å². The fraction of sp³-hybridized carbons (Fsp3) is 0.208. The van der Waals surface area contributed by atoms with Gasteiger partial charge in [0.2, 0.25) is 13.0 Å². The van der Waals surface area contributed by atoms with Crippen LogP contribution in [-0.2, 0) is 0 Å². The van der Waals surface area contributed by atoms with Crippen molar-refractivity contribution in [2.24, 2.45) is 5.10 Å². The average molecular weight is 419 g/mol. The summed E-state index contributed by atoms with van der Waals surface area (Å²) in [4.78, 5) is 0. The van der Waals surface area contributed by atoms with E-state index in [1.165, 1.54) is 5.56 Å². The summed E-state index contributed by atoms with van der Waals surface area (Å²) < 4.78 is 17.4. The first-order chi connectivity index (χ1) is 14.7. The van der Waals surface area contributed by atoms with Gasteiger partial charge < -0.3 is 14.2 Å². The molecule has 0 N–H and O–H groups in total. The Morgan fingerprint density at radius 3 is 2.60 bits per heavy atom. The molecule has 2 atom stereocenters. The third-order valence-corrected chi connectivity index (χ3v) is 6.06. The van der Waals surface area contributed by atoms with Crippen LogP contribution in [0.4, 0.5) is 0 Å². The summed E-state index contributed by atoms with van der Waals surface area (Å²) in [6.45, 7) is 2.34. The molecule has 0 aromatic heterocycles. The highest BCUT2D eigenvalue weighted by atomic mass is 35.5. The maximum absolute atomic E-state index is 6.40. The van der Waals surface area contributed by atoms with E-state index in [-0.39, 0.29) is 19.1 Å². The van der Waals surface area contributed by atoms with Crippen LogP contribution in [0.2, 0.25) is 5.02 Å². The molecule has 3 aromatic rings. The molecule has 3 aliphatic heterocycles. The van der Waals surface area contributed by atoms with Gasteiger partial charge in [-0.2, -0.15) is 5.10 Å². The van der Waals surface area contributed by atoms with Gasteiger partial charge in [0.25, 0.3) is 0 Å². The summed E-state index contributed by atoms with van der Waals surface area (Å²) in [5, 5.41) is 7.76. The molecule has 3 aromatic carbocycles. The van der Waals surface area contributed by atoms with Gasteiger partial charge in [-0.15, -0.1) is 0 Å². The third kappa shape index (κ3) is 2.81. The van der Waals surface area contributed by atoms with Crippen LogP contribution < -0.4 is 14.2 Å². The van der Waals surface area contributed by atoms with Crippen LogP contribution in [-0.4, -0.2) is 17.5 Å². The van der Waals surface area contributed by atoms with Gasteiger partial charge in [0.05, 0.1) is 11.8 Å². The zero-order chi connectivity index (χ0) is 20.2. The van der Waals surface area contributed by atoms with Crippen LogP contribution in [0.5, 0.6) is 17.2 Å². The minimum atomic E-state index is -0.296. The zero-order valence-electron chi connectivity index (χ0n) is 16.3. The Bertz CT molecular complexity index is 1180. The molecule has 0 saturated carbocycles. The maximum atomic E-state index is 6.40. The van der Waals surface area contributed by atoms with Crippen LogP contribution in [0, 0.1) is 6.92 Å². The van der Waals surface area contributed by atoms with Gasteiger partial charge in [0, 0.05) is 28.1 Å². The highest BCUT2D eigenvalue weighted by Crippen LogP contribution is 2.48. The molecule has 0 aliphatic carbocycles. The van der Waals surface area contributed by atoms with E-state index in [0.29, 0.717) is 5.02 Å². The molecule has 30 heavy (non-hydrogen) atoms. The predicted octanol–water partition coefficient (Wildman–Crippen LogP) is 5.62. The molecule has 0 unspecified atom stereocenters. The molecule has 6 heteroatoms. The summed E-state index contributed by atoms with van der Waals surface area (Å²) in [6.07, 6.45) is 0.467. The van der Waals surface area contributed by atoms with Crippen molar-refractivity contribution < 1.29 is 14.2 Å². The van der Waals surface area contributed by atoms with E-state index in [9.17, 15) is 0 Å². The second kappa shape index (κ2) is 6.67. The van der Waals surface area contributed by atoms with Crippen molar-refractivity contribution in [3.05, 3.63) is 87.9 Å². The van der Waals surface area contributed by atoms with Crippen LogP contribution in [0.1, 0.15) is 40.9 Å². The fourth-order valence-corrected chi connectivity index (χ4v) is 4.44. The van der Waals surface area contributed by atoms with Gasteiger partial charge in [0.1, 0.15) is 5.75 Å². The van der Waals surface area contributed by atoms with Crippen molar-refractivity contribution in [1.29, 1.82) is 0 Å². The smallest absolute Gasteiger partial charge is 0.231 e. The van der Waals surface area contributed by atoms with E-state index < -0.39 is 0 Å². The molecule has 5 nitrogen and oxygen atoms in total. The lowest BCUT2D eigenvalue weighted by Gasteiger charge is -2.38. The normalized spacial score (nSPS) is 21.0. The molecular formula is C24H19ClN2O3. The molecule has 0 spiro atoms. The molecule has 150 valence electrons. The molecule has 3 heterocycles. The van der Waals surface area contributed by atoms with Gasteiger partial charge in [-0.25, -0.2) is 5.01 Å². The minimum Gasteiger partial charge on any atom is -0.464 e. The monoisotopic (exact) mass is 418 g/mol. The second-order valence-corrected chi connectivity index (χ2v) is 8.21. The van der Waals surface area contributed by atoms with Gasteiger partial charge in [-0.05, 0) is 43.3 Å². The number of fused-ring (bicyclic) bond motifs is 4. The largest absolute Gasteiger partial charge is 0.464 e. The summed E-state index contributed by atoms with van der Waals surface area (Å²) in [5.74, 6) is 2.39. The third-order valence-electron chi connectivity index (χ3n) is 5.82. The molecule has 0 bridgehead atoms. The topological polar surface area (TPSA) is 43.3 Å². The first kappa shape index (κ1) is 17.7. The molecule has 0 saturated heterocycles. The second-order valence-electron chi connectivity index (χ2n) is 7.78. The Kier molecular flexibility index (Phi) is 3.93. The number of rotatable bonds is 2. The predicted molar refractivity (Wildman–Crippen MR) is 114 cm³/mol. The summed E-state index contributed by atoms with van der Waals surface area (Å²) >= 11 is 6.31. The lowest BCUT2D eigenvalue weighted by molar-refractivity contribution is -0.0190. The molecule has 3 aliphatic rings. The highest BCUT2D eigenvalue weighted by Gasteiger charge is 2.41. The maximum Gasteiger partial charge on any atom is 0.231 e. The first-order valence-corrected chi connectivity index (χ1v) is 10.3. The average Bonchev–Trinajstić information content (AvgIpc) is 3.41. The molecule has 0 fully saturated rings. The zero-order valence-corrected chi connectivity index (χ0v) is 17.1. The summed E-state index contributed by atoms with van der Waals surface area (Å²) in [5.41, 5.74) is 5.36. The molecule has 0 amide bonds. The number of halogens is 1. The van der Waals surface area contributed by atoms with E-state index in [1.807, 2.05) is 36.4 Å². The van der Waals surface area contributed by atoms with Crippen molar-refractivity contribution in [2.45, 2.75) is 25.6 Å². The Morgan fingerprint density at radius 1 is 0.933 bits per heavy atom. The van der Waals surface area contributed by atoms with Gasteiger partial charge in [-0.3, -0.25) is 0 Å². The molecular weight excluding hydrogens is 400 g/mol. The van der Waals surface area contributed by atoms with E-state index >= 15 is 0 Å². The SMILES string of the molecule is Cc1ccc([C@@H]2Oc3ccc(Cl)cc3[C@H]3CC(c4ccc5c(c4)OCO5)=NN32)cc1. The lowest BCUT2D eigenvalue weighted by Crippen LogP contribution is -2.33. The number of hydrogen-bond donors (Lipinski definition) is 0. The quantitative estimate of drug-likeness (QED) is 0.541. The summed E-state index contributed by atoms with van der Waals surface area (Å²) in [6, 6.07) is 20.2. The number of nitrogens with zero attached hydrogens (tertiary/aromatic N) is 2. The Balaban J connectivity index is 1.43. The van der Waals surface area contributed by atoms with Crippen LogP contribution >= 0.6 is 11.6 Å². The van der Waals surface area contributed by atoms with Gasteiger partial charge in [-0.1, -0.05) is 41.4 Å². The number of hydrazone groups is 1. The molecule has 0 radical (unpaired) electrons. The van der Waals surface area contributed by atoms with Crippen molar-refractivity contribution in [3.63, 3.8) is 0 Å². The van der Waals surface area contributed by atoms with E-state index in [1.54, 1.807) is 0 Å². The number of hydrogen-bond acceptors (Lipinski definition) is 5. The van der Waals surface area contributed by atoms with Crippen molar-refractivity contribution in [1.82, 2.24) is 5.01 Å². The first-order valence-electron chi connectivity index (χ1n) is 9.94. The Morgan fingerprint density at radius 2 is 1.73 bits per heavy atom. The number of aryl methyl sites for hydroxylation is 1. The van der Waals surface area contributed by atoms with Crippen LogP contribution in [0.3, 0.4) is 0 Å². The van der Waals surface area contributed by atoms with E-state index in [2.05, 4.69) is 36.2 Å². The van der Waals surface area contributed by atoms with Gasteiger partial charge in [0.15, 0.2) is 11.5 Å². The minimum absolute atomic E-state index is 0.0548. The van der Waals surface area contributed by atoms with Crippen molar-refractivity contribution >= 4 is 17.3 Å². The van der Waals surface area contributed by atoms with Crippen molar-refractivity contribution in [3.8, 4) is 17.2 Å². The molecule has 6 rings (SSSR count). The van der Waals surface area contributed by atoms with E-state index in [0.717, 1.165) is 46.1 Å². The number of benzene rings is 3. The standard InChI is InChI=1S/C24H19ClN2O3/c1-14-2-4-15(5-3-14)24-27-20(18-11-17(25)7-9-21(18)30-24)12-19(26-27)16-6-8-22-23(10-16)29-13-28-22/h2-11,20,24H,12-13H2,1H3/t20-,24+/m1/s1.